The minimum absolute atomic E-state index is 0.0421. The molecule has 1 fully saturated rings. The van der Waals surface area contributed by atoms with Crippen molar-refractivity contribution in [3.63, 3.8) is 0 Å². The maximum Gasteiger partial charge on any atom is 0.124 e. The molecule has 2 N–H and O–H groups in total. The highest BCUT2D eigenvalue weighted by molar-refractivity contribution is 5.36. The summed E-state index contributed by atoms with van der Waals surface area (Å²) in [4.78, 5) is 0. The molecule has 0 radical (unpaired) electrons. The number of hydrogen-bond acceptors (Lipinski definition) is 3. The van der Waals surface area contributed by atoms with E-state index in [1.54, 1.807) is 0 Å². The highest BCUT2D eigenvalue weighted by atomic mass is 16.5. The third-order valence-electron chi connectivity index (χ3n) is 3.78. The maximum atomic E-state index is 9.88. The Morgan fingerprint density at radius 3 is 2.84 bits per heavy atom. The molecule has 1 aromatic rings. The smallest absolute Gasteiger partial charge is 0.124 e. The zero-order valence-electron chi connectivity index (χ0n) is 11.9. The van der Waals surface area contributed by atoms with Crippen molar-refractivity contribution in [2.24, 2.45) is 0 Å². The van der Waals surface area contributed by atoms with E-state index in [9.17, 15) is 5.11 Å². The zero-order chi connectivity index (χ0) is 13.7. The van der Waals surface area contributed by atoms with Crippen LogP contribution in [0.2, 0.25) is 0 Å². The fourth-order valence-corrected chi connectivity index (χ4v) is 2.62. The third-order valence-corrected chi connectivity index (χ3v) is 3.78. The zero-order valence-corrected chi connectivity index (χ0v) is 11.9. The van der Waals surface area contributed by atoms with Crippen LogP contribution in [-0.4, -0.2) is 23.9 Å². The summed E-state index contributed by atoms with van der Waals surface area (Å²) in [5.41, 5.74) is 1.18. The van der Waals surface area contributed by atoms with Gasteiger partial charge in [-0.1, -0.05) is 25.1 Å². The molecule has 3 unspecified atom stereocenters. The monoisotopic (exact) mass is 263 g/mol. The molecular formula is C16H25NO2. The van der Waals surface area contributed by atoms with Gasteiger partial charge in [0.05, 0.1) is 6.10 Å². The second-order valence-corrected chi connectivity index (χ2v) is 5.37. The number of para-hydroxylation sites is 1. The predicted molar refractivity (Wildman–Crippen MR) is 77.4 cm³/mol. The first-order valence-electron chi connectivity index (χ1n) is 7.39. The van der Waals surface area contributed by atoms with E-state index < -0.39 is 0 Å². The quantitative estimate of drug-likeness (QED) is 0.829. The van der Waals surface area contributed by atoms with Crippen molar-refractivity contribution in [1.29, 1.82) is 0 Å². The van der Waals surface area contributed by atoms with Crippen molar-refractivity contribution >= 4 is 0 Å². The van der Waals surface area contributed by atoms with E-state index in [-0.39, 0.29) is 18.2 Å². The Morgan fingerprint density at radius 2 is 2.16 bits per heavy atom. The van der Waals surface area contributed by atoms with Gasteiger partial charge in [0.15, 0.2) is 0 Å². The van der Waals surface area contributed by atoms with Crippen molar-refractivity contribution in [3.8, 4) is 5.75 Å². The van der Waals surface area contributed by atoms with E-state index in [1.165, 1.54) is 5.56 Å². The molecule has 2 rings (SSSR count). The molecule has 3 atom stereocenters. The Bertz CT molecular complexity index is 394. The molecule has 1 saturated carbocycles. The third kappa shape index (κ3) is 3.71. The lowest BCUT2D eigenvalue weighted by molar-refractivity contribution is 0.0595. The molecule has 1 aliphatic rings. The summed E-state index contributed by atoms with van der Waals surface area (Å²) in [5, 5.41) is 13.4. The molecule has 106 valence electrons. The fourth-order valence-electron chi connectivity index (χ4n) is 2.62. The number of hydrogen-bond donors (Lipinski definition) is 2. The van der Waals surface area contributed by atoms with Crippen LogP contribution in [0, 0.1) is 0 Å². The van der Waals surface area contributed by atoms with Crippen molar-refractivity contribution in [1.82, 2.24) is 5.32 Å². The second-order valence-electron chi connectivity index (χ2n) is 5.37. The fraction of sp³-hybridized carbons (Fsp3) is 0.625. The summed E-state index contributed by atoms with van der Waals surface area (Å²) in [7, 11) is 0. The molecule has 0 spiro atoms. The van der Waals surface area contributed by atoms with E-state index in [1.807, 2.05) is 18.2 Å². The van der Waals surface area contributed by atoms with Crippen LogP contribution in [-0.2, 0) is 0 Å². The Morgan fingerprint density at radius 1 is 1.37 bits per heavy atom. The van der Waals surface area contributed by atoms with Gasteiger partial charge in [0, 0.05) is 11.6 Å². The van der Waals surface area contributed by atoms with Crippen LogP contribution in [0.15, 0.2) is 24.3 Å². The average molecular weight is 263 g/mol. The van der Waals surface area contributed by atoms with Gasteiger partial charge in [-0.3, -0.25) is 0 Å². The Labute approximate surface area is 116 Å². The molecule has 1 aliphatic carbocycles. The predicted octanol–water partition coefficient (Wildman–Crippen LogP) is 3.04. The van der Waals surface area contributed by atoms with Crippen LogP contribution < -0.4 is 10.1 Å². The maximum absolute atomic E-state index is 9.88. The SMILES string of the molecule is CCCNC(C)c1ccccc1OC1CCCC1O. The number of rotatable bonds is 6. The number of benzene rings is 1. The van der Waals surface area contributed by atoms with Crippen molar-refractivity contribution in [3.05, 3.63) is 29.8 Å². The molecule has 0 amide bonds. The van der Waals surface area contributed by atoms with Gasteiger partial charge in [0.2, 0.25) is 0 Å². The van der Waals surface area contributed by atoms with Gasteiger partial charge in [0.1, 0.15) is 11.9 Å². The standard InChI is InChI=1S/C16H25NO2/c1-3-11-17-12(2)13-7-4-5-9-15(13)19-16-10-6-8-14(16)18/h4-5,7,9,12,14,16-18H,3,6,8,10-11H2,1-2H3. The first-order valence-corrected chi connectivity index (χ1v) is 7.39. The van der Waals surface area contributed by atoms with Crippen LogP contribution in [0.3, 0.4) is 0 Å². The van der Waals surface area contributed by atoms with Crippen molar-refractivity contribution < 1.29 is 9.84 Å². The van der Waals surface area contributed by atoms with Crippen LogP contribution >= 0.6 is 0 Å². The minimum atomic E-state index is -0.313. The Balaban J connectivity index is 2.07. The molecule has 0 aliphatic heterocycles. The molecule has 19 heavy (non-hydrogen) atoms. The van der Waals surface area contributed by atoms with E-state index in [0.29, 0.717) is 0 Å². The molecule has 3 heteroatoms. The van der Waals surface area contributed by atoms with E-state index in [0.717, 1.165) is 38.0 Å². The lowest BCUT2D eigenvalue weighted by atomic mass is 10.1. The summed E-state index contributed by atoms with van der Waals surface area (Å²) >= 11 is 0. The lowest BCUT2D eigenvalue weighted by Crippen LogP contribution is -2.27. The molecule has 0 bridgehead atoms. The minimum Gasteiger partial charge on any atom is -0.487 e. The summed E-state index contributed by atoms with van der Waals surface area (Å²) in [6, 6.07) is 8.41. The number of aliphatic hydroxyl groups excluding tert-OH is 1. The number of aliphatic hydroxyl groups is 1. The van der Waals surface area contributed by atoms with E-state index in [2.05, 4.69) is 25.2 Å². The van der Waals surface area contributed by atoms with Gasteiger partial charge in [-0.25, -0.2) is 0 Å². The second kappa shape index (κ2) is 6.92. The Kier molecular flexibility index (Phi) is 5.23. The Hall–Kier alpha value is -1.06. The van der Waals surface area contributed by atoms with Crippen LogP contribution in [0.1, 0.15) is 51.1 Å². The normalized spacial score (nSPS) is 24.4. The first kappa shape index (κ1) is 14.4. The van der Waals surface area contributed by atoms with Gasteiger partial charge < -0.3 is 15.2 Å². The summed E-state index contributed by atoms with van der Waals surface area (Å²) < 4.78 is 6.03. The lowest BCUT2D eigenvalue weighted by Gasteiger charge is -2.22. The van der Waals surface area contributed by atoms with Gasteiger partial charge in [-0.15, -0.1) is 0 Å². The highest BCUT2D eigenvalue weighted by Gasteiger charge is 2.27. The number of nitrogens with one attached hydrogen (secondary N) is 1. The highest BCUT2D eigenvalue weighted by Crippen LogP contribution is 2.30. The molecule has 0 aromatic heterocycles. The van der Waals surface area contributed by atoms with E-state index >= 15 is 0 Å². The molecule has 1 aromatic carbocycles. The van der Waals surface area contributed by atoms with Gasteiger partial charge in [0.25, 0.3) is 0 Å². The molecule has 0 heterocycles. The molecule has 0 saturated heterocycles. The van der Waals surface area contributed by atoms with Crippen LogP contribution in [0.25, 0.3) is 0 Å². The summed E-state index contributed by atoms with van der Waals surface area (Å²) in [6.07, 6.45) is 3.63. The molecule has 3 nitrogen and oxygen atoms in total. The van der Waals surface area contributed by atoms with Crippen LogP contribution in [0.5, 0.6) is 5.75 Å². The van der Waals surface area contributed by atoms with E-state index in [4.69, 9.17) is 4.74 Å². The first-order chi connectivity index (χ1) is 9.22. The van der Waals surface area contributed by atoms with Crippen molar-refractivity contribution in [2.75, 3.05) is 6.54 Å². The number of ether oxygens (including phenoxy) is 1. The van der Waals surface area contributed by atoms with Gasteiger partial charge >= 0.3 is 0 Å². The largest absolute Gasteiger partial charge is 0.487 e. The van der Waals surface area contributed by atoms with Crippen LogP contribution in [0.4, 0.5) is 0 Å². The summed E-state index contributed by atoms with van der Waals surface area (Å²) in [5.74, 6) is 0.907. The van der Waals surface area contributed by atoms with Crippen molar-refractivity contribution in [2.45, 2.75) is 57.8 Å². The topological polar surface area (TPSA) is 41.5 Å². The van der Waals surface area contributed by atoms with Gasteiger partial charge in [-0.05, 0) is 45.2 Å². The summed E-state index contributed by atoms with van der Waals surface area (Å²) in [6.45, 7) is 5.32. The average Bonchev–Trinajstić information content (AvgIpc) is 2.82. The molecular weight excluding hydrogens is 238 g/mol. The van der Waals surface area contributed by atoms with Gasteiger partial charge in [-0.2, -0.15) is 0 Å².